The molecule has 0 unspecified atom stereocenters. The molecule has 152 valence electrons. The normalized spacial score (nSPS) is 14.3. The lowest BCUT2D eigenvalue weighted by molar-refractivity contribution is -0.788. The number of nitrogens with zero attached hydrogens (tertiary/aromatic N) is 3. The number of halogens is 2. The van der Waals surface area contributed by atoms with Crippen molar-refractivity contribution < 1.29 is 71.8 Å². The topological polar surface area (TPSA) is 66.7 Å². The van der Waals surface area contributed by atoms with E-state index in [0.29, 0.717) is 13.5 Å². The molecule has 0 spiro atoms. The molecule has 8 heteroatoms. The van der Waals surface area contributed by atoms with E-state index < -0.39 is 0 Å². The van der Waals surface area contributed by atoms with Gasteiger partial charge in [-0.25, -0.2) is 0 Å². The maximum Gasteiger partial charge on any atom is 0.257 e. The second kappa shape index (κ2) is 13.2. The highest BCUT2D eigenvalue weighted by Gasteiger charge is 2.22. The molecule has 1 fully saturated rings. The van der Waals surface area contributed by atoms with Crippen molar-refractivity contribution in [2.24, 2.45) is 11.1 Å². The third-order valence-corrected chi connectivity index (χ3v) is 4.76. The lowest BCUT2D eigenvalue weighted by Crippen LogP contribution is -3.00. The Morgan fingerprint density at radius 2 is 1.54 bits per heavy atom. The van der Waals surface area contributed by atoms with Crippen LogP contribution >= 0.6 is 0 Å². The number of oxime groups is 1. The molecule has 2 heterocycles. The first-order valence-electron chi connectivity index (χ1n) is 9.04. The van der Waals surface area contributed by atoms with Crippen molar-refractivity contribution in [3.63, 3.8) is 0 Å². The van der Waals surface area contributed by atoms with Crippen LogP contribution in [0.15, 0.2) is 54.2 Å². The molecule has 0 bridgehead atoms. The van der Waals surface area contributed by atoms with E-state index in [-0.39, 0.29) is 59.7 Å². The Balaban J connectivity index is 0.00000196. The average molecular weight is 609 g/mol. The van der Waals surface area contributed by atoms with E-state index in [1.165, 1.54) is 25.5 Å². The Bertz CT molecular complexity index is 746. The lowest BCUT2D eigenvalue weighted by atomic mass is 9.84. The highest BCUT2D eigenvalue weighted by molar-refractivity contribution is 5.97. The molecule has 1 aliphatic rings. The first-order chi connectivity index (χ1) is 12.8. The minimum Gasteiger partial charge on any atom is -1.00 e. The Labute approximate surface area is 199 Å². The average Bonchev–Trinajstić information content (AvgIpc) is 2.70. The summed E-state index contributed by atoms with van der Waals surface area (Å²) in [7, 11) is 0. The van der Waals surface area contributed by atoms with Crippen LogP contribution in [0.5, 0.6) is 0 Å². The third kappa shape index (κ3) is 7.36. The van der Waals surface area contributed by atoms with Crippen molar-refractivity contribution in [3.05, 3.63) is 60.2 Å². The van der Waals surface area contributed by atoms with Crippen LogP contribution in [-0.4, -0.2) is 17.2 Å². The zero-order chi connectivity index (χ0) is 18.2. The van der Waals surface area contributed by atoms with Crippen LogP contribution < -0.4 is 57.1 Å². The number of carbonyl (C=O) groups excluding carboxylic acids is 1. The molecule has 2 aromatic heterocycles. The van der Waals surface area contributed by atoms with Crippen LogP contribution in [0.3, 0.4) is 0 Å². The Morgan fingerprint density at radius 1 is 1.00 bits per heavy atom. The fraction of sp³-hybridized carbons (Fsp3) is 0.400. The summed E-state index contributed by atoms with van der Waals surface area (Å²) in [4.78, 5) is 12.5. The highest BCUT2D eigenvalue weighted by atomic mass is 127. The Hall–Kier alpha value is -1.14. The predicted molar refractivity (Wildman–Crippen MR) is 94.6 cm³/mol. The van der Waals surface area contributed by atoms with Crippen LogP contribution in [0.25, 0.3) is 0 Å². The highest BCUT2D eigenvalue weighted by Crippen LogP contribution is 2.26. The molecular formula is C20H25I2N3O3. The standard InChI is InChI=1S/C20H24N3O3.2HI/c24-20(18-4-2-1-3-5-18)19-8-12-23(13-9-19)16-26-15-22-10-6-17(7-11-22)14-21-25;;/h6-14,18H,1-5,15-16H2;2*1H/q+1;;/p-1. The molecule has 1 aliphatic carbocycles. The van der Waals surface area contributed by atoms with Crippen molar-refractivity contribution in [1.82, 2.24) is 0 Å². The monoisotopic (exact) mass is 609 g/mol. The third-order valence-electron chi connectivity index (χ3n) is 4.76. The number of aromatic nitrogens is 2. The summed E-state index contributed by atoms with van der Waals surface area (Å²) in [6.07, 6.45) is 14.5. The first kappa shape index (κ1) is 24.9. The van der Waals surface area contributed by atoms with Gasteiger partial charge in [-0.3, -0.25) is 9.53 Å². The number of hydrogen-bond donors (Lipinski definition) is 1. The van der Waals surface area contributed by atoms with Gasteiger partial charge in [0.2, 0.25) is 0 Å². The molecule has 0 atom stereocenters. The summed E-state index contributed by atoms with van der Waals surface area (Å²) in [5, 5.41) is 11.5. The lowest BCUT2D eigenvalue weighted by Gasteiger charge is -2.19. The molecule has 6 nitrogen and oxygen atoms in total. The molecule has 0 aliphatic heterocycles. The van der Waals surface area contributed by atoms with E-state index in [4.69, 9.17) is 9.94 Å². The molecule has 0 aromatic carbocycles. The Morgan fingerprint density at radius 3 is 2.07 bits per heavy atom. The van der Waals surface area contributed by atoms with Crippen molar-refractivity contribution in [2.45, 2.75) is 45.6 Å². The van der Waals surface area contributed by atoms with Gasteiger partial charge in [-0.2, -0.15) is 9.13 Å². The first-order valence-corrected chi connectivity index (χ1v) is 9.04. The van der Waals surface area contributed by atoms with Crippen LogP contribution in [0, 0.1) is 5.92 Å². The number of hydrogen-bond acceptors (Lipinski definition) is 4. The summed E-state index contributed by atoms with van der Waals surface area (Å²) < 4.78 is 9.47. The van der Waals surface area contributed by atoms with Gasteiger partial charge in [0.25, 0.3) is 13.5 Å². The van der Waals surface area contributed by atoms with E-state index in [2.05, 4.69) is 5.16 Å². The van der Waals surface area contributed by atoms with E-state index in [0.717, 1.165) is 24.0 Å². The van der Waals surface area contributed by atoms with E-state index in [1.54, 1.807) is 0 Å². The molecule has 0 amide bonds. The fourth-order valence-electron chi connectivity index (χ4n) is 3.27. The number of rotatable bonds is 7. The predicted octanol–water partition coefficient (Wildman–Crippen LogP) is -3.53. The van der Waals surface area contributed by atoms with Crippen LogP contribution in [0.2, 0.25) is 0 Å². The SMILES string of the molecule is O=C(c1cc[n+](COC[n+]2ccc(/C=N\O)cc2)cc1)C1CCCCC1.[I-].[I-]. The minimum atomic E-state index is 0. The van der Waals surface area contributed by atoms with Gasteiger partial charge in [0, 0.05) is 41.3 Å². The molecule has 1 saturated carbocycles. The molecular weight excluding hydrogens is 584 g/mol. The largest absolute Gasteiger partial charge is 1.00 e. The zero-order valence-electron chi connectivity index (χ0n) is 15.6. The van der Waals surface area contributed by atoms with Gasteiger partial charge in [0.15, 0.2) is 30.6 Å². The van der Waals surface area contributed by atoms with E-state index >= 15 is 0 Å². The van der Waals surface area contributed by atoms with Gasteiger partial charge < -0.3 is 53.2 Å². The number of pyridine rings is 2. The summed E-state index contributed by atoms with van der Waals surface area (Å²) in [5.74, 6) is 0.478. The second-order valence-electron chi connectivity index (χ2n) is 6.65. The smallest absolute Gasteiger partial charge is 0.257 e. The minimum absolute atomic E-state index is 0. The molecule has 3 rings (SSSR count). The van der Waals surface area contributed by atoms with Gasteiger partial charge >= 0.3 is 0 Å². The molecule has 0 saturated heterocycles. The molecule has 2 aromatic rings. The molecule has 1 N–H and O–H groups in total. The van der Waals surface area contributed by atoms with E-state index in [9.17, 15) is 4.79 Å². The van der Waals surface area contributed by atoms with Crippen molar-refractivity contribution in [3.8, 4) is 0 Å². The van der Waals surface area contributed by atoms with Crippen LogP contribution in [0.4, 0.5) is 0 Å². The Kier molecular flexibility index (Phi) is 11.7. The van der Waals surface area contributed by atoms with Gasteiger partial charge in [0.1, 0.15) is 0 Å². The summed E-state index contributed by atoms with van der Waals surface area (Å²) in [6.45, 7) is 0.817. The van der Waals surface area contributed by atoms with Crippen molar-refractivity contribution in [2.75, 3.05) is 0 Å². The number of ether oxygens (including phenoxy) is 1. The van der Waals surface area contributed by atoms with Gasteiger partial charge in [-0.15, -0.1) is 0 Å². The maximum absolute atomic E-state index is 12.5. The number of Topliss-reactive ketones (excluding diaryl/α,β-unsaturated/α-hetero) is 1. The van der Waals surface area contributed by atoms with Gasteiger partial charge in [-0.05, 0) is 12.8 Å². The molecule has 28 heavy (non-hydrogen) atoms. The zero-order valence-corrected chi connectivity index (χ0v) is 19.9. The van der Waals surface area contributed by atoms with Crippen molar-refractivity contribution in [1.29, 1.82) is 0 Å². The summed E-state index contributed by atoms with van der Waals surface area (Å²) >= 11 is 0. The van der Waals surface area contributed by atoms with Gasteiger partial charge in [-0.1, -0.05) is 24.4 Å². The quantitative estimate of drug-likeness (QED) is 0.0885. The fourth-order valence-corrected chi connectivity index (χ4v) is 3.27. The van der Waals surface area contributed by atoms with E-state index in [1.807, 2.05) is 58.2 Å². The number of carbonyl (C=O) groups is 1. The van der Waals surface area contributed by atoms with Crippen LogP contribution in [0.1, 0.15) is 48.0 Å². The van der Waals surface area contributed by atoms with Crippen molar-refractivity contribution >= 4 is 12.0 Å². The number of ketones is 1. The summed E-state index contributed by atoms with van der Waals surface area (Å²) in [5.41, 5.74) is 1.61. The van der Waals surface area contributed by atoms with Gasteiger partial charge in [0.05, 0.1) is 6.21 Å². The maximum atomic E-state index is 12.5. The van der Waals surface area contributed by atoms with Crippen LogP contribution in [-0.2, 0) is 18.2 Å². The second-order valence-corrected chi connectivity index (χ2v) is 6.65. The summed E-state index contributed by atoms with van der Waals surface area (Å²) in [6, 6.07) is 7.44. The molecule has 0 radical (unpaired) electrons.